The molecule has 4 N–H and O–H groups in total. The van der Waals surface area contributed by atoms with E-state index in [4.69, 9.17) is 0 Å². The number of fused-ring (bicyclic) bond motifs is 1. The molecule has 1 atom stereocenters. The van der Waals surface area contributed by atoms with Crippen molar-refractivity contribution in [3.63, 3.8) is 0 Å². The van der Waals surface area contributed by atoms with E-state index in [0.29, 0.717) is 41.5 Å². The van der Waals surface area contributed by atoms with Gasteiger partial charge in [-0.3, -0.25) is 9.78 Å². The van der Waals surface area contributed by atoms with E-state index >= 15 is 0 Å². The molecule has 4 aromatic rings. The summed E-state index contributed by atoms with van der Waals surface area (Å²) in [6.45, 7) is 1.06. The lowest BCUT2D eigenvalue weighted by Gasteiger charge is -2.39. The number of nitrogens with zero attached hydrogens (tertiary/aromatic N) is 2. The number of anilines is 1. The van der Waals surface area contributed by atoms with Crippen LogP contribution in [0.25, 0.3) is 21.5 Å². The number of carbonyl (C=O) groups is 2. The molecule has 3 heterocycles. The molecule has 5 rings (SSSR count). The number of piperidine rings is 1. The first-order chi connectivity index (χ1) is 17.4. The highest BCUT2D eigenvalue weighted by Gasteiger charge is 2.39. The first-order valence-electron chi connectivity index (χ1n) is 11.2. The summed E-state index contributed by atoms with van der Waals surface area (Å²) in [5.74, 6) is -2.16. The number of hydrogen-bond donors (Lipinski definition) is 4. The molecular weight excluding hydrogens is 488 g/mol. The van der Waals surface area contributed by atoms with Crippen LogP contribution in [-0.2, 0) is 5.54 Å². The van der Waals surface area contributed by atoms with E-state index in [9.17, 15) is 23.5 Å². The van der Waals surface area contributed by atoms with Gasteiger partial charge in [-0.25, -0.2) is 18.6 Å². The second-order valence-corrected chi connectivity index (χ2v) is 9.30. The van der Waals surface area contributed by atoms with Crippen LogP contribution in [0.1, 0.15) is 28.9 Å². The van der Waals surface area contributed by atoms with Crippen molar-refractivity contribution in [3.8, 4) is 10.6 Å². The maximum absolute atomic E-state index is 14.2. The van der Waals surface area contributed by atoms with Crippen molar-refractivity contribution in [2.45, 2.75) is 18.4 Å². The van der Waals surface area contributed by atoms with Crippen LogP contribution in [0, 0.1) is 11.6 Å². The molecule has 2 amide bonds. The fraction of sp³-hybridized carbons (Fsp3) is 0.200. The Bertz CT molecular complexity index is 1450. The maximum Gasteiger partial charge on any atom is 0.405 e. The second-order valence-electron chi connectivity index (χ2n) is 8.45. The van der Waals surface area contributed by atoms with Crippen LogP contribution in [0.2, 0.25) is 0 Å². The third-order valence-electron chi connectivity index (χ3n) is 6.15. The van der Waals surface area contributed by atoms with E-state index in [2.05, 4.69) is 25.9 Å². The Balaban J connectivity index is 1.56. The van der Waals surface area contributed by atoms with Gasteiger partial charge >= 0.3 is 6.09 Å². The minimum atomic E-state index is -1.19. The van der Waals surface area contributed by atoms with Gasteiger partial charge in [0, 0.05) is 22.9 Å². The standard InChI is InChI=1S/C25H21F2N5O3S/c26-15-6-3-7-16(27)20(15)23-31-19(12-36-23)22(33)30-18-11-29-17-8-2-1-5-14(17)21(18)25(32-24(34)35)9-4-10-28-13-25/h1-3,5-8,11-12,28,32H,4,9-10,13H2,(H,30,33)(H,34,35)/t25-/m1/s1. The highest BCUT2D eigenvalue weighted by Crippen LogP contribution is 2.39. The van der Waals surface area contributed by atoms with E-state index in [-0.39, 0.29) is 16.3 Å². The van der Waals surface area contributed by atoms with Crippen molar-refractivity contribution < 1.29 is 23.5 Å². The molecule has 36 heavy (non-hydrogen) atoms. The first kappa shape index (κ1) is 23.8. The van der Waals surface area contributed by atoms with Crippen molar-refractivity contribution in [3.05, 3.63) is 76.9 Å². The third-order valence-corrected chi connectivity index (χ3v) is 7.01. The van der Waals surface area contributed by atoms with Crippen LogP contribution in [0.4, 0.5) is 19.3 Å². The monoisotopic (exact) mass is 509 g/mol. The van der Waals surface area contributed by atoms with Crippen LogP contribution >= 0.6 is 11.3 Å². The molecule has 1 saturated heterocycles. The molecule has 1 fully saturated rings. The van der Waals surface area contributed by atoms with Gasteiger partial charge in [-0.2, -0.15) is 0 Å². The number of amides is 2. The van der Waals surface area contributed by atoms with Crippen molar-refractivity contribution in [1.29, 1.82) is 0 Å². The molecule has 184 valence electrons. The number of carbonyl (C=O) groups excluding carboxylic acids is 1. The smallest absolute Gasteiger partial charge is 0.405 e. The maximum atomic E-state index is 14.2. The van der Waals surface area contributed by atoms with Crippen LogP contribution in [-0.4, -0.2) is 40.2 Å². The highest BCUT2D eigenvalue weighted by atomic mass is 32.1. The molecule has 2 aromatic heterocycles. The minimum Gasteiger partial charge on any atom is -0.465 e. The molecule has 0 unspecified atom stereocenters. The summed E-state index contributed by atoms with van der Waals surface area (Å²) in [5, 5.41) is 20.5. The van der Waals surface area contributed by atoms with Gasteiger partial charge in [-0.05, 0) is 37.6 Å². The summed E-state index contributed by atoms with van der Waals surface area (Å²) in [6, 6.07) is 10.8. The average molecular weight is 510 g/mol. The lowest BCUT2D eigenvalue weighted by Crippen LogP contribution is -2.55. The number of para-hydroxylation sites is 1. The molecule has 0 spiro atoms. The Labute approximate surface area is 208 Å². The van der Waals surface area contributed by atoms with E-state index < -0.39 is 29.2 Å². The molecule has 1 aliphatic heterocycles. The highest BCUT2D eigenvalue weighted by molar-refractivity contribution is 7.13. The Kier molecular flexibility index (Phi) is 6.33. The predicted octanol–water partition coefficient (Wildman–Crippen LogP) is 4.74. The van der Waals surface area contributed by atoms with Crippen LogP contribution < -0.4 is 16.0 Å². The molecule has 1 aliphatic rings. The van der Waals surface area contributed by atoms with Crippen LogP contribution in [0.3, 0.4) is 0 Å². The Morgan fingerprint density at radius 3 is 2.61 bits per heavy atom. The van der Waals surface area contributed by atoms with Crippen molar-refractivity contribution in [2.24, 2.45) is 0 Å². The zero-order valence-corrected chi connectivity index (χ0v) is 19.7. The van der Waals surface area contributed by atoms with Crippen LogP contribution in [0.15, 0.2) is 54.0 Å². The quantitative estimate of drug-likeness (QED) is 0.309. The Morgan fingerprint density at radius 1 is 1.11 bits per heavy atom. The van der Waals surface area contributed by atoms with Gasteiger partial charge in [0.15, 0.2) is 0 Å². The zero-order valence-electron chi connectivity index (χ0n) is 18.8. The number of carboxylic acid groups (broad SMARTS) is 1. The zero-order chi connectivity index (χ0) is 25.3. The predicted molar refractivity (Wildman–Crippen MR) is 132 cm³/mol. The third kappa shape index (κ3) is 4.38. The molecule has 0 radical (unpaired) electrons. The van der Waals surface area contributed by atoms with Crippen molar-refractivity contribution >= 4 is 39.9 Å². The van der Waals surface area contributed by atoms with Gasteiger partial charge in [0.2, 0.25) is 0 Å². The van der Waals surface area contributed by atoms with Gasteiger partial charge in [0.05, 0.1) is 28.5 Å². The number of benzene rings is 2. The Morgan fingerprint density at radius 2 is 1.89 bits per heavy atom. The molecule has 8 nitrogen and oxygen atoms in total. The number of nitrogens with one attached hydrogen (secondary N) is 3. The van der Waals surface area contributed by atoms with Crippen molar-refractivity contribution in [1.82, 2.24) is 20.6 Å². The van der Waals surface area contributed by atoms with E-state index in [1.807, 2.05) is 24.3 Å². The van der Waals surface area contributed by atoms with E-state index in [0.717, 1.165) is 30.0 Å². The van der Waals surface area contributed by atoms with E-state index in [1.165, 1.54) is 17.6 Å². The second kappa shape index (κ2) is 9.59. The number of rotatable bonds is 5. The molecule has 11 heteroatoms. The number of halogens is 2. The summed E-state index contributed by atoms with van der Waals surface area (Å²) in [6.07, 6.45) is 1.53. The normalized spacial score (nSPS) is 17.6. The summed E-state index contributed by atoms with van der Waals surface area (Å²) >= 11 is 0.945. The van der Waals surface area contributed by atoms with Gasteiger partial charge in [-0.15, -0.1) is 11.3 Å². The minimum absolute atomic E-state index is 0.0289. The molecule has 0 aliphatic carbocycles. The Hall–Kier alpha value is -3.96. The SMILES string of the molecule is O=C(O)N[C@]1(c2c(NC(=O)c3csc(-c4c(F)cccc4F)n3)cnc3ccccc23)CCCNC1. The topological polar surface area (TPSA) is 116 Å². The van der Waals surface area contributed by atoms with E-state index in [1.54, 1.807) is 0 Å². The summed E-state index contributed by atoms with van der Waals surface area (Å²) in [7, 11) is 0. The molecule has 2 aromatic carbocycles. The number of aromatic nitrogens is 2. The van der Waals surface area contributed by atoms with Gasteiger partial charge in [0.25, 0.3) is 5.91 Å². The first-order valence-corrected chi connectivity index (χ1v) is 12.1. The summed E-state index contributed by atoms with van der Waals surface area (Å²) < 4.78 is 28.4. The van der Waals surface area contributed by atoms with Gasteiger partial charge in [0.1, 0.15) is 22.3 Å². The fourth-order valence-electron chi connectivity index (χ4n) is 4.63. The lowest BCUT2D eigenvalue weighted by molar-refractivity contribution is 0.102. The van der Waals surface area contributed by atoms with Crippen LogP contribution in [0.5, 0.6) is 0 Å². The van der Waals surface area contributed by atoms with Gasteiger partial charge < -0.3 is 21.1 Å². The number of hydrogen-bond acceptors (Lipinski definition) is 6. The summed E-state index contributed by atoms with van der Waals surface area (Å²) in [4.78, 5) is 33.6. The van der Waals surface area contributed by atoms with Gasteiger partial charge in [-0.1, -0.05) is 24.3 Å². The molecular formula is C25H21F2N5O3S. The average Bonchev–Trinajstić information content (AvgIpc) is 3.34. The molecule has 0 saturated carbocycles. The fourth-order valence-corrected chi connectivity index (χ4v) is 5.47. The molecule has 0 bridgehead atoms. The number of pyridine rings is 1. The number of thiazole rings is 1. The largest absolute Gasteiger partial charge is 0.465 e. The summed E-state index contributed by atoms with van der Waals surface area (Å²) in [5.41, 5.74) is 0.216. The van der Waals surface area contributed by atoms with Crippen molar-refractivity contribution in [2.75, 3.05) is 18.4 Å². The lowest BCUT2D eigenvalue weighted by atomic mass is 9.80.